The first kappa shape index (κ1) is 69.6. The molecule has 0 saturated carbocycles. The van der Waals surface area contributed by atoms with Crippen LogP contribution in [-0.4, -0.2) is 9.13 Å². The second-order valence-corrected chi connectivity index (χ2v) is 32.3. The van der Waals surface area contributed by atoms with Crippen molar-refractivity contribution in [1.29, 1.82) is 0 Å². The second kappa shape index (κ2) is 28.3. The molecule has 1 aliphatic carbocycles. The highest BCUT2D eigenvalue weighted by Crippen LogP contribution is 2.59. The lowest BCUT2D eigenvalue weighted by Crippen LogP contribution is -2.28. The molecular formula is C119H76N2. The van der Waals surface area contributed by atoms with Crippen molar-refractivity contribution in [2.45, 2.75) is 5.41 Å². The molecule has 121 heavy (non-hydrogen) atoms. The average Bonchev–Trinajstić information content (AvgIpc) is 1.54. The Morgan fingerprint density at radius 3 is 0.967 bits per heavy atom. The van der Waals surface area contributed by atoms with Crippen LogP contribution < -0.4 is 0 Å². The molecule has 0 aliphatic heterocycles. The Morgan fingerprint density at radius 1 is 0.157 bits per heavy atom. The van der Waals surface area contributed by atoms with Crippen molar-refractivity contribution in [2.24, 2.45) is 0 Å². The molecule has 0 bridgehead atoms. The molecule has 2 heteroatoms. The highest BCUT2D eigenvalue weighted by atomic mass is 15.0. The normalized spacial score (nSPS) is 12.4. The summed E-state index contributed by atoms with van der Waals surface area (Å²) in [5.74, 6) is 0. The van der Waals surface area contributed by atoms with Crippen LogP contribution in [0.1, 0.15) is 22.3 Å². The van der Waals surface area contributed by atoms with Crippen LogP contribution in [0.2, 0.25) is 0 Å². The number of nitrogens with zero attached hydrogens (tertiary/aromatic N) is 2. The van der Waals surface area contributed by atoms with Gasteiger partial charge in [-0.3, -0.25) is 0 Å². The molecule has 0 unspecified atom stereocenters. The number of para-hydroxylation sites is 2. The van der Waals surface area contributed by atoms with Gasteiger partial charge in [-0.2, -0.15) is 0 Å². The van der Waals surface area contributed by atoms with E-state index in [1.54, 1.807) is 0 Å². The van der Waals surface area contributed by atoms with E-state index in [0.29, 0.717) is 0 Å². The lowest BCUT2D eigenvalue weighted by molar-refractivity contribution is 0.768. The average molecular weight is 1530 g/mol. The van der Waals surface area contributed by atoms with Gasteiger partial charge in [0, 0.05) is 32.6 Å². The fraction of sp³-hybridized carbons (Fsp3) is 0.00840. The van der Waals surface area contributed by atoms with E-state index in [1.165, 1.54) is 225 Å². The predicted octanol–water partition coefficient (Wildman–Crippen LogP) is 32.0. The van der Waals surface area contributed by atoms with E-state index in [9.17, 15) is 0 Å². The van der Waals surface area contributed by atoms with Gasteiger partial charge in [0.25, 0.3) is 0 Å². The lowest BCUT2D eigenvalue weighted by Gasteiger charge is -2.34. The molecule has 0 atom stereocenters. The minimum absolute atomic E-state index is 0.616. The second-order valence-electron chi connectivity index (χ2n) is 32.3. The van der Waals surface area contributed by atoms with Gasteiger partial charge >= 0.3 is 0 Å². The van der Waals surface area contributed by atoms with E-state index in [2.05, 4.69) is 470 Å². The van der Waals surface area contributed by atoms with Gasteiger partial charge in [-0.25, -0.2) is 0 Å². The fourth-order valence-corrected chi connectivity index (χ4v) is 20.9. The Labute approximate surface area is 701 Å². The maximum Gasteiger partial charge on any atom is 0.0714 e. The Morgan fingerprint density at radius 2 is 0.488 bits per heavy atom. The van der Waals surface area contributed by atoms with Gasteiger partial charge in [-0.15, -0.1) is 0 Å². The van der Waals surface area contributed by atoms with E-state index >= 15 is 0 Å². The van der Waals surface area contributed by atoms with Crippen molar-refractivity contribution in [3.05, 3.63) is 483 Å². The van der Waals surface area contributed by atoms with Crippen molar-refractivity contribution in [3.8, 4) is 89.3 Å². The quantitative estimate of drug-likeness (QED) is 0.121. The van der Waals surface area contributed by atoms with Gasteiger partial charge in [0.2, 0.25) is 0 Å². The molecule has 1 aliphatic rings. The summed E-state index contributed by atoms with van der Waals surface area (Å²) in [6, 6.07) is 171. The fourth-order valence-electron chi connectivity index (χ4n) is 20.9. The molecule has 0 N–H and O–H groups in total. The summed E-state index contributed by atoms with van der Waals surface area (Å²) in [4.78, 5) is 0. The van der Waals surface area contributed by atoms with Crippen LogP contribution in [0.5, 0.6) is 0 Å². The van der Waals surface area contributed by atoms with Crippen LogP contribution >= 0.6 is 0 Å². The van der Waals surface area contributed by atoms with Crippen LogP contribution in [0.4, 0.5) is 0 Å². The van der Waals surface area contributed by atoms with Crippen molar-refractivity contribution >= 4 is 119 Å². The molecule has 2 aromatic heterocycles. The van der Waals surface area contributed by atoms with Gasteiger partial charge in [0.05, 0.1) is 33.2 Å². The Kier molecular flexibility index (Phi) is 16.3. The largest absolute Gasteiger partial charge is 0.309 e. The number of hydrogen-bond acceptors (Lipinski definition) is 0. The zero-order valence-electron chi connectivity index (χ0n) is 66.3. The summed E-state index contributed by atoms with van der Waals surface area (Å²) in [5.41, 5.74) is 29.1. The molecule has 2 heterocycles. The number of benzene rings is 22. The van der Waals surface area contributed by atoms with Gasteiger partial charge in [-0.05, 0) is 231 Å². The SMILES string of the molecule is c1ccc(-c2c3ccccc3c(-c3ccc(-n4c5ccccc5c5cc(-c6cccc7ccccc67)ccc54)c4ccccc34)c3ccccc23)cc1.c1ccc(-c2c3ccccc3c(-c3ccc4c(c3)C(c3ccccc3)(c3ccccc3)c3cc(-n5c6ccccc6c6cc(-c7cccc8ccccc78)ccc65)ccc3-4)c3ccccc23)cc1. The zero-order valence-corrected chi connectivity index (χ0v) is 66.3. The van der Waals surface area contributed by atoms with Crippen LogP contribution in [0.25, 0.3) is 208 Å². The molecule has 0 spiro atoms. The first-order valence-corrected chi connectivity index (χ1v) is 42.0. The molecule has 2 nitrogen and oxygen atoms in total. The lowest BCUT2D eigenvalue weighted by atomic mass is 9.67. The highest BCUT2D eigenvalue weighted by molar-refractivity contribution is 6.26. The topological polar surface area (TPSA) is 9.86 Å². The number of fused-ring (bicyclic) bond motifs is 16. The summed E-state index contributed by atoms with van der Waals surface area (Å²) in [7, 11) is 0. The van der Waals surface area contributed by atoms with Crippen molar-refractivity contribution in [2.75, 3.05) is 0 Å². The molecule has 22 aromatic carbocycles. The Balaban J connectivity index is 0.000000141. The van der Waals surface area contributed by atoms with Gasteiger partial charge in [0.15, 0.2) is 0 Å². The number of hydrogen-bond donors (Lipinski definition) is 0. The van der Waals surface area contributed by atoms with E-state index in [1.807, 2.05) is 0 Å². The van der Waals surface area contributed by atoms with Crippen LogP contribution in [0.15, 0.2) is 461 Å². The Bertz CT molecular complexity index is 8150. The molecule has 24 aromatic rings. The van der Waals surface area contributed by atoms with Crippen molar-refractivity contribution in [3.63, 3.8) is 0 Å². The number of rotatable bonds is 10. The summed E-state index contributed by atoms with van der Waals surface area (Å²) in [6.45, 7) is 0. The predicted molar refractivity (Wildman–Crippen MR) is 514 cm³/mol. The van der Waals surface area contributed by atoms with E-state index < -0.39 is 5.41 Å². The monoisotopic (exact) mass is 1530 g/mol. The molecule has 25 rings (SSSR count). The Hall–Kier alpha value is -15.7. The van der Waals surface area contributed by atoms with E-state index in [-0.39, 0.29) is 0 Å². The standard InChI is InChI=1S/C67H43N.C52H33N/c1-4-20-45(21-5-1)65-56-29-12-14-31-58(56)66(59-32-15-13-30-57(59)65)47-35-38-53-54-39-37-50(43-62(54)67(61(53)42-47,48-23-6-2-7-24-48)49-25-8-3-9-26-49)68-63-34-17-16-28-55(63)60-41-46(36-40-64(60)68)52-33-18-22-44-19-10-11-27-51(44)52;1-2-16-35(17-3-1)51-42-23-8-10-25-44(42)52(45-26-11-9-24-43(45)51)46-30-32-49(40-21-7-6-20-39(40)46)53-48-28-13-12-22-41(48)47-33-36(29-31-50(47)53)38-27-14-18-34-15-4-5-19-37(34)38/h1-43H;1-33H. The molecule has 0 radical (unpaired) electrons. The minimum Gasteiger partial charge on any atom is -0.309 e. The third kappa shape index (κ3) is 10.9. The molecule has 0 saturated heterocycles. The van der Waals surface area contributed by atoms with Crippen molar-refractivity contribution in [1.82, 2.24) is 9.13 Å². The van der Waals surface area contributed by atoms with Crippen LogP contribution in [0, 0.1) is 0 Å². The summed E-state index contributed by atoms with van der Waals surface area (Å²) >= 11 is 0. The van der Waals surface area contributed by atoms with E-state index in [0.717, 1.165) is 5.69 Å². The molecular weight excluding hydrogens is 1460 g/mol. The van der Waals surface area contributed by atoms with Crippen LogP contribution in [-0.2, 0) is 5.41 Å². The molecule has 562 valence electrons. The minimum atomic E-state index is -0.616. The highest BCUT2D eigenvalue weighted by Gasteiger charge is 2.47. The van der Waals surface area contributed by atoms with Crippen molar-refractivity contribution < 1.29 is 0 Å². The maximum atomic E-state index is 2.53. The van der Waals surface area contributed by atoms with Gasteiger partial charge in [-0.1, -0.05) is 400 Å². The van der Waals surface area contributed by atoms with E-state index in [4.69, 9.17) is 0 Å². The smallest absolute Gasteiger partial charge is 0.0714 e. The third-order valence-electron chi connectivity index (χ3n) is 26.0. The third-order valence-corrected chi connectivity index (χ3v) is 26.0. The molecule has 0 amide bonds. The number of aromatic nitrogens is 2. The van der Waals surface area contributed by atoms with Crippen LogP contribution in [0.3, 0.4) is 0 Å². The summed E-state index contributed by atoms with van der Waals surface area (Å²) in [6.07, 6.45) is 0. The van der Waals surface area contributed by atoms with Gasteiger partial charge < -0.3 is 9.13 Å². The zero-order chi connectivity index (χ0) is 79.6. The summed E-state index contributed by atoms with van der Waals surface area (Å²) in [5, 5.41) is 22.6. The van der Waals surface area contributed by atoms with Gasteiger partial charge in [0.1, 0.15) is 0 Å². The molecule has 0 fully saturated rings. The first-order chi connectivity index (χ1) is 60.1. The first-order valence-electron chi connectivity index (χ1n) is 42.0. The maximum absolute atomic E-state index is 2.53. The summed E-state index contributed by atoms with van der Waals surface area (Å²) < 4.78 is 4.96.